The van der Waals surface area contributed by atoms with Gasteiger partial charge in [-0.2, -0.15) is 11.3 Å². The van der Waals surface area contributed by atoms with Crippen LogP contribution in [0.3, 0.4) is 0 Å². The molecule has 0 aliphatic carbocycles. The van der Waals surface area contributed by atoms with Crippen LogP contribution >= 0.6 is 22.9 Å². The van der Waals surface area contributed by atoms with Crippen molar-refractivity contribution in [1.82, 2.24) is 9.97 Å². The number of anilines is 1. The zero-order chi connectivity index (χ0) is 10.7. The predicted octanol–water partition coefficient (Wildman–Crippen LogP) is 3.36. The molecule has 1 N–H and O–H groups in total. The van der Waals surface area contributed by atoms with Crippen LogP contribution in [0.5, 0.6) is 0 Å². The van der Waals surface area contributed by atoms with Crippen molar-refractivity contribution >= 4 is 28.8 Å². The molecule has 3 nitrogen and oxygen atoms in total. The summed E-state index contributed by atoms with van der Waals surface area (Å²) in [5.74, 6) is 0.696. The van der Waals surface area contributed by atoms with Gasteiger partial charge in [-0.3, -0.25) is 4.98 Å². The molecule has 0 aliphatic rings. The van der Waals surface area contributed by atoms with Crippen molar-refractivity contribution < 1.29 is 0 Å². The highest BCUT2D eigenvalue weighted by molar-refractivity contribution is 7.07. The lowest BCUT2D eigenvalue weighted by molar-refractivity contribution is 0.876. The topological polar surface area (TPSA) is 37.8 Å². The summed E-state index contributed by atoms with van der Waals surface area (Å²) in [6.45, 7) is 2.07. The Hall–Kier alpha value is -1.13. The predicted molar refractivity (Wildman–Crippen MR) is 63.4 cm³/mol. The van der Waals surface area contributed by atoms with Gasteiger partial charge in [-0.1, -0.05) is 11.6 Å². The van der Waals surface area contributed by atoms with E-state index >= 15 is 0 Å². The minimum atomic E-state index is 0.212. The van der Waals surface area contributed by atoms with Crippen LogP contribution in [0.1, 0.15) is 18.5 Å². The smallest absolute Gasteiger partial charge is 0.149 e. The quantitative estimate of drug-likeness (QED) is 0.893. The van der Waals surface area contributed by atoms with Gasteiger partial charge in [-0.05, 0) is 29.3 Å². The highest BCUT2D eigenvalue weighted by Gasteiger charge is 2.06. The molecule has 0 aromatic carbocycles. The third kappa shape index (κ3) is 2.67. The summed E-state index contributed by atoms with van der Waals surface area (Å²) in [6, 6.07) is 2.30. The molecular weight excluding hydrogens is 230 g/mol. The van der Waals surface area contributed by atoms with Crippen LogP contribution < -0.4 is 5.32 Å². The Balaban J connectivity index is 2.09. The van der Waals surface area contributed by atoms with E-state index in [4.69, 9.17) is 11.6 Å². The summed E-state index contributed by atoms with van der Waals surface area (Å²) >= 11 is 7.42. The van der Waals surface area contributed by atoms with Crippen LogP contribution in [-0.4, -0.2) is 9.97 Å². The summed E-state index contributed by atoms with van der Waals surface area (Å²) < 4.78 is 0. The molecule has 0 aliphatic heterocycles. The van der Waals surface area contributed by atoms with E-state index in [2.05, 4.69) is 39.0 Å². The molecular formula is C10H10ClN3S. The third-order valence-electron chi connectivity index (χ3n) is 2.01. The van der Waals surface area contributed by atoms with Gasteiger partial charge in [0.05, 0.1) is 18.4 Å². The molecule has 0 radical (unpaired) electrons. The molecule has 15 heavy (non-hydrogen) atoms. The minimum Gasteiger partial charge on any atom is -0.362 e. The first-order chi connectivity index (χ1) is 7.25. The van der Waals surface area contributed by atoms with Crippen LogP contribution in [-0.2, 0) is 0 Å². The van der Waals surface area contributed by atoms with Crippen LogP contribution in [0.4, 0.5) is 5.82 Å². The summed E-state index contributed by atoms with van der Waals surface area (Å²) in [4.78, 5) is 8.08. The second-order valence-electron chi connectivity index (χ2n) is 3.15. The lowest BCUT2D eigenvalue weighted by atomic mass is 10.2. The van der Waals surface area contributed by atoms with Crippen LogP contribution in [0.15, 0.2) is 29.2 Å². The third-order valence-corrected chi connectivity index (χ3v) is 2.90. The van der Waals surface area contributed by atoms with Crippen molar-refractivity contribution in [2.24, 2.45) is 0 Å². The lowest BCUT2D eigenvalue weighted by Crippen LogP contribution is -2.07. The number of nitrogens with zero attached hydrogens (tertiary/aromatic N) is 2. The summed E-state index contributed by atoms with van der Waals surface area (Å²) in [7, 11) is 0. The Kier molecular flexibility index (Phi) is 3.18. The van der Waals surface area contributed by atoms with E-state index in [0.29, 0.717) is 11.0 Å². The van der Waals surface area contributed by atoms with Gasteiger partial charge in [-0.15, -0.1) is 0 Å². The van der Waals surface area contributed by atoms with E-state index in [9.17, 15) is 0 Å². The molecule has 0 saturated heterocycles. The van der Waals surface area contributed by atoms with E-state index in [-0.39, 0.29) is 6.04 Å². The maximum absolute atomic E-state index is 5.74. The van der Waals surface area contributed by atoms with Crippen molar-refractivity contribution in [1.29, 1.82) is 0 Å². The van der Waals surface area contributed by atoms with Gasteiger partial charge in [-0.25, -0.2) is 4.98 Å². The van der Waals surface area contributed by atoms with E-state index < -0.39 is 0 Å². The van der Waals surface area contributed by atoms with Gasteiger partial charge in [0.25, 0.3) is 0 Å². The van der Waals surface area contributed by atoms with Crippen LogP contribution in [0, 0.1) is 0 Å². The van der Waals surface area contributed by atoms with Crippen molar-refractivity contribution in [3.8, 4) is 0 Å². The molecule has 2 rings (SSSR count). The second-order valence-corrected chi connectivity index (χ2v) is 4.32. The highest BCUT2D eigenvalue weighted by atomic mass is 35.5. The van der Waals surface area contributed by atoms with E-state index in [1.165, 1.54) is 11.8 Å². The molecule has 2 heterocycles. The van der Waals surface area contributed by atoms with Crippen molar-refractivity contribution in [3.05, 3.63) is 39.9 Å². The van der Waals surface area contributed by atoms with Gasteiger partial charge in [0.2, 0.25) is 0 Å². The first-order valence-electron chi connectivity index (χ1n) is 4.52. The zero-order valence-electron chi connectivity index (χ0n) is 8.14. The fourth-order valence-corrected chi connectivity index (χ4v) is 2.14. The lowest BCUT2D eigenvalue weighted by Gasteiger charge is -2.12. The van der Waals surface area contributed by atoms with E-state index in [0.717, 1.165) is 0 Å². The number of halogens is 1. The Morgan fingerprint density at radius 2 is 2.33 bits per heavy atom. The number of rotatable bonds is 3. The maximum atomic E-state index is 5.74. The van der Waals surface area contributed by atoms with E-state index in [1.54, 1.807) is 17.5 Å². The molecule has 0 amide bonds. The SMILES string of the molecule is CC(Nc1cncc(Cl)n1)c1ccsc1. The van der Waals surface area contributed by atoms with Crippen molar-refractivity contribution in [3.63, 3.8) is 0 Å². The summed E-state index contributed by atoms with van der Waals surface area (Å²) in [6.07, 6.45) is 3.18. The Morgan fingerprint density at radius 1 is 1.47 bits per heavy atom. The molecule has 5 heteroatoms. The minimum absolute atomic E-state index is 0.212. The van der Waals surface area contributed by atoms with Gasteiger partial charge in [0, 0.05) is 0 Å². The molecule has 78 valence electrons. The zero-order valence-corrected chi connectivity index (χ0v) is 9.72. The van der Waals surface area contributed by atoms with Crippen molar-refractivity contribution in [2.75, 3.05) is 5.32 Å². The van der Waals surface area contributed by atoms with Gasteiger partial charge < -0.3 is 5.32 Å². The normalized spacial score (nSPS) is 12.4. The average molecular weight is 240 g/mol. The number of nitrogens with one attached hydrogen (secondary N) is 1. The summed E-state index contributed by atoms with van der Waals surface area (Å²) in [5, 5.41) is 7.79. The molecule has 0 saturated carbocycles. The Labute approximate surface area is 97.2 Å². The second kappa shape index (κ2) is 4.59. The number of hydrogen-bond donors (Lipinski definition) is 1. The van der Waals surface area contributed by atoms with Gasteiger partial charge in [0.1, 0.15) is 11.0 Å². The molecule has 0 fully saturated rings. The molecule has 0 spiro atoms. The molecule has 1 unspecified atom stereocenters. The number of thiophene rings is 1. The molecule has 0 bridgehead atoms. The maximum Gasteiger partial charge on any atom is 0.149 e. The summed E-state index contributed by atoms with van der Waals surface area (Å²) in [5.41, 5.74) is 1.24. The fourth-order valence-electron chi connectivity index (χ4n) is 1.24. The Morgan fingerprint density at radius 3 is 3.00 bits per heavy atom. The monoisotopic (exact) mass is 239 g/mol. The largest absolute Gasteiger partial charge is 0.362 e. The Bertz CT molecular complexity index is 430. The van der Waals surface area contributed by atoms with Gasteiger partial charge in [0.15, 0.2) is 0 Å². The van der Waals surface area contributed by atoms with Crippen LogP contribution in [0.25, 0.3) is 0 Å². The number of aromatic nitrogens is 2. The first kappa shape index (κ1) is 10.4. The standard InChI is InChI=1S/C10H10ClN3S/c1-7(8-2-3-15-6-8)13-10-5-12-4-9(11)14-10/h2-7H,1H3,(H,13,14). The average Bonchev–Trinajstić information content (AvgIpc) is 2.70. The highest BCUT2D eigenvalue weighted by Crippen LogP contribution is 2.20. The van der Waals surface area contributed by atoms with Gasteiger partial charge >= 0.3 is 0 Å². The first-order valence-corrected chi connectivity index (χ1v) is 5.84. The molecule has 1 atom stereocenters. The van der Waals surface area contributed by atoms with E-state index in [1.807, 2.05) is 0 Å². The van der Waals surface area contributed by atoms with Crippen molar-refractivity contribution in [2.45, 2.75) is 13.0 Å². The molecule has 2 aromatic rings. The molecule has 2 aromatic heterocycles. The fraction of sp³-hybridized carbons (Fsp3) is 0.200. The van der Waals surface area contributed by atoms with Crippen LogP contribution in [0.2, 0.25) is 5.15 Å². The number of hydrogen-bond acceptors (Lipinski definition) is 4.